The molecule has 1 aromatic rings. The Labute approximate surface area is 95.0 Å². The molecule has 0 aromatic carbocycles. The summed E-state index contributed by atoms with van der Waals surface area (Å²) in [4.78, 5) is 11.4. The van der Waals surface area contributed by atoms with Crippen LogP contribution in [-0.4, -0.2) is 32.7 Å². The van der Waals surface area contributed by atoms with Gasteiger partial charge in [0.15, 0.2) is 0 Å². The van der Waals surface area contributed by atoms with Gasteiger partial charge in [0, 0.05) is 11.7 Å². The average molecular weight is 226 g/mol. The average Bonchev–Trinajstić information content (AvgIpc) is 2.51. The van der Waals surface area contributed by atoms with Gasteiger partial charge in [-0.25, -0.2) is 9.48 Å². The Morgan fingerprint density at radius 1 is 1.56 bits per heavy atom. The topological polar surface area (TPSA) is 69.0 Å². The molecule has 6 heteroatoms. The SMILES string of the molecule is C[C@@H](Cn1ccnn1)OC(=O)NC(C)(C)C. The number of hydrogen-bond donors (Lipinski definition) is 1. The van der Waals surface area contributed by atoms with Crippen LogP contribution in [0.4, 0.5) is 4.79 Å². The number of amides is 1. The smallest absolute Gasteiger partial charge is 0.407 e. The fraction of sp³-hybridized carbons (Fsp3) is 0.700. The number of rotatable bonds is 3. The number of ether oxygens (including phenoxy) is 1. The second kappa shape index (κ2) is 4.96. The van der Waals surface area contributed by atoms with Crippen molar-refractivity contribution in [2.24, 2.45) is 0 Å². The minimum Gasteiger partial charge on any atom is -0.445 e. The number of nitrogens with zero attached hydrogens (tertiary/aromatic N) is 3. The third-order valence-corrected chi connectivity index (χ3v) is 1.70. The molecule has 90 valence electrons. The van der Waals surface area contributed by atoms with E-state index in [-0.39, 0.29) is 11.6 Å². The third-order valence-electron chi connectivity index (χ3n) is 1.70. The summed E-state index contributed by atoms with van der Waals surface area (Å²) in [5.41, 5.74) is -0.288. The summed E-state index contributed by atoms with van der Waals surface area (Å²) in [5, 5.41) is 10.2. The number of nitrogens with one attached hydrogen (secondary N) is 1. The Bertz CT molecular complexity index is 329. The molecule has 0 saturated heterocycles. The number of carbonyl (C=O) groups is 1. The molecule has 0 bridgehead atoms. The van der Waals surface area contributed by atoms with E-state index in [1.54, 1.807) is 17.1 Å². The molecule has 1 aromatic heterocycles. The van der Waals surface area contributed by atoms with Gasteiger partial charge in [-0.3, -0.25) is 0 Å². The summed E-state index contributed by atoms with van der Waals surface area (Å²) in [6.45, 7) is 8.00. The molecule has 1 amide bonds. The molecule has 0 unspecified atom stereocenters. The Kier molecular flexibility index (Phi) is 3.87. The normalized spacial score (nSPS) is 13.2. The van der Waals surface area contributed by atoms with Crippen LogP contribution in [0.3, 0.4) is 0 Å². The molecule has 16 heavy (non-hydrogen) atoms. The van der Waals surface area contributed by atoms with E-state index in [0.29, 0.717) is 6.54 Å². The van der Waals surface area contributed by atoms with Crippen molar-refractivity contribution in [3.05, 3.63) is 12.4 Å². The van der Waals surface area contributed by atoms with E-state index in [1.165, 1.54) is 0 Å². The van der Waals surface area contributed by atoms with E-state index in [9.17, 15) is 4.79 Å². The highest BCUT2D eigenvalue weighted by Gasteiger charge is 2.17. The summed E-state index contributed by atoms with van der Waals surface area (Å²) in [6.07, 6.45) is 2.65. The zero-order valence-corrected chi connectivity index (χ0v) is 10.1. The molecule has 1 atom stereocenters. The lowest BCUT2D eigenvalue weighted by Gasteiger charge is -2.22. The third kappa shape index (κ3) is 4.77. The lowest BCUT2D eigenvalue weighted by Crippen LogP contribution is -2.42. The molecule has 0 aliphatic carbocycles. The zero-order valence-electron chi connectivity index (χ0n) is 10.1. The van der Waals surface area contributed by atoms with E-state index < -0.39 is 6.09 Å². The summed E-state index contributed by atoms with van der Waals surface area (Å²) in [7, 11) is 0. The van der Waals surface area contributed by atoms with Gasteiger partial charge in [0.1, 0.15) is 6.10 Å². The second-order valence-electron chi connectivity index (χ2n) is 4.72. The molecule has 0 saturated carbocycles. The van der Waals surface area contributed by atoms with Crippen LogP contribution in [-0.2, 0) is 11.3 Å². The van der Waals surface area contributed by atoms with Crippen molar-refractivity contribution >= 4 is 6.09 Å². The van der Waals surface area contributed by atoms with Crippen molar-refractivity contribution in [3.8, 4) is 0 Å². The predicted molar refractivity (Wildman–Crippen MR) is 58.9 cm³/mol. The number of alkyl carbamates (subject to hydrolysis) is 1. The van der Waals surface area contributed by atoms with Crippen molar-refractivity contribution in [2.45, 2.75) is 45.9 Å². The number of aromatic nitrogens is 3. The summed E-state index contributed by atoms with van der Waals surface area (Å²) >= 11 is 0. The Balaban J connectivity index is 2.34. The van der Waals surface area contributed by atoms with E-state index in [1.807, 2.05) is 27.7 Å². The molecule has 0 aliphatic rings. The highest BCUT2D eigenvalue weighted by atomic mass is 16.6. The predicted octanol–water partition coefficient (Wildman–Crippen LogP) is 1.19. The van der Waals surface area contributed by atoms with Crippen LogP contribution >= 0.6 is 0 Å². The molecule has 1 heterocycles. The molecular weight excluding hydrogens is 208 g/mol. The van der Waals surface area contributed by atoms with Crippen LogP contribution in [0.25, 0.3) is 0 Å². The highest BCUT2D eigenvalue weighted by Crippen LogP contribution is 2.01. The van der Waals surface area contributed by atoms with Crippen LogP contribution in [0.15, 0.2) is 12.4 Å². The van der Waals surface area contributed by atoms with Gasteiger partial charge >= 0.3 is 6.09 Å². The van der Waals surface area contributed by atoms with Gasteiger partial charge in [-0.1, -0.05) is 5.21 Å². The van der Waals surface area contributed by atoms with E-state index in [4.69, 9.17) is 4.74 Å². The van der Waals surface area contributed by atoms with E-state index >= 15 is 0 Å². The van der Waals surface area contributed by atoms with E-state index in [0.717, 1.165) is 0 Å². The van der Waals surface area contributed by atoms with Crippen LogP contribution in [0, 0.1) is 0 Å². The highest BCUT2D eigenvalue weighted by molar-refractivity contribution is 5.68. The van der Waals surface area contributed by atoms with Crippen molar-refractivity contribution in [2.75, 3.05) is 0 Å². The Hall–Kier alpha value is -1.59. The maximum absolute atomic E-state index is 11.4. The van der Waals surface area contributed by atoms with Gasteiger partial charge in [0.2, 0.25) is 0 Å². The van der Waals surface area contributed by atoms with Gasteiger partial charge in [-0.15, -0.1) is 5.10 Å². The molecule has 1 rings (SSSR count). The second-order valence-corrected chi connectivity index (χ2v) is 4.72. The Morgan fingerprint density at radius 3 is 2.75 bits per heavy atom. The lowest BCUT2D eigenvalue weighted by molar-refractivity contribution is 0.0889. The maximum atomic E-state index is 11.4. The van der Waals surface area contributed by atoms with Crippen molar-refractivity contribution in [1.29, 1.82) is 0 Å². The molecule has 0 spiro atoms. The molecule has 0 fully saturated rings. The first-order chi connectivity index (χ1) is 7.37. The number of hydrogen-bond acceptors (Lipinski definition) is 4. The quantitative estimate of drug-likeness (QED) is 0.840. The first-order valence-electron chi connectivity index (χ1n) is 5.20. The van der Waals surface area contributed by atoms with Gasteiger partial charge < -0.3 is 10.1 Å². The molecule has 1 N–H and O–H groups in total. The minimum atomic E-state index is -0.417. The molecule has 6 nitrogen and oxygen atoms in total. The van der Waals surface area contributed by atoms with Crippen LogP contribution in [0.1, 0.15) is 27.7 Å². The van der Waals surface area contributed by atoms with Crippen LogP contribution < -0.4 is 5.32 Å². The fourth-order valence-electron chi connectivity index (χ4n) is 1.15. The fourth-order valence-corrected chi connectivity index (χ4v) is 1.15. The standard InChI is InChI=1S/C10H18N4O2/c1-8(7-14-6-5-11-13-14)16-9(15)12-10(2,3)4/h5-6,8H,7H2,1-4H3,(H,12,15)/t8-/m0/s1. The molecule has 0 aliphatic heterocycles. The van der Waals surface area contributed by atoms with Crippen LogP contribution in [0.5, 0.6) is 0 Å². The van der Waals surface area contributed by atoms with Gasteiger partial charge in [-0.05, 0) is 27.7 Å². The first-order valence-corrected chi connectivity index (χ1v) is 5.20. The molecular formula is C10H18N4O2. The van der Waals surface area contributed by atoms with Gasteiger partial charge in [0.25, 0.3) is 0 Å². The summed E-state index contributed by atoms with van der Waals surface area (Å²) in [5.74, 6) is 0. The Morgan fingerprint density at radius 2 is 2.25 bits per heavy atom. The van der Waals surface area contributed by atoms with Gasteiger partial charge in [0.05, 0.1) is 12.7 Å². The van der Waals surface area contributed by atoms with Crippen molar-refractivity contribution < 1.29 is 9.53 Å². The monoisotopic (exact) mass is 226 g/mol. The molecule has 0 radical (unpaired) electrons. The first kappa shape index (κ1) is 12.5. The maximum Gasteiger partial charge on any atom is 0.407 e. The largest absolute Gasteiger partial charge is 0.445 e. The van der Waals surface area contributed by atoms with E-state index in [2.05, 4.69) is 15.6 Å². The van der Waals surface area contributed by atoms with Crippen molar-refractivity contribution in [1.82, 2.24) is 20.3 Å². The number of carbonyl (C=O) groups excluding carboxylic acids is 1. The lowest BCUT2D eigenvalue weighted by atomic mass is 10.1. The van der Waals surface area contributed by atoms with Gasteiger partial charge in [-0.2, -0.15) is 0 Å². The summed E-state index contributed by atoms with van der Waals surface area (Å²) < 4.78 is 6.78. The van der Waals surface area contributed by atoms with Crippen LogP contribution in [0.2, 0.25) is 0 Å². The zero-order chi connectivity index (χ0) is 12.2. The summed E-state index contributed by atoms with van der Waals surface area (Å²) in [6, 6.07) is 0. The minimum absolute atomic E-state index is 0.246. The van der Waals surface area contributed by atoms with Crippen molar-refractivity contribution in [3.63, 3.8) is 0 Å².